The smallest absolute Gasteiger partial charge is 0.790 e. The Labute approximate surface area is 144 Å². The van der Waals surface area contributed by atoms with Gasteiger partial charge in [-0.25, -0.2) is 0 Å². The maximum atomic E-state index is 9.32. The molecule has 0 saturated carbocycles. The van der Waals surface area contributed by atoms with Crippen LogP contribution in [0.4, 0.5) is 0 Å². The number of hydrogen-bond donors (Lipinski definition) is 0. The van der Waals surface area contributed by atoms with Gasteiger partial charge < -0.3 is 66.0 Å². The Kier molecular flexibility index (Phi) is 16.2. The topological polar surface area (TPSA) is 271 Å². The van der Waals surface area contributed by atoms with Gasteiger partial charge in [0.05, 0.1) is 31.3 Å². The van der Waals surface area contributed by atoms with Crippen LogP contribution in [0.25, 0.3) is 0 Å². The van der Waals surface area contributed by atoms with Gasteiger partial charge in [-0.05, 0) is 0 Å². The van der Waals surface area contributed by atoms with Gasteiger partial charge in [0.2, 0.25) is 0 Å². The van der Waals surface area contributed by atoms with Crippen molar-refractivity contribution in [2.75, 3.05) is 0 Å². The molecule has 0 aliphatic rings. The van der Waals surface area contributed by atoms with E-state index >= 15 is 0 Å². The maximum absolute atomic E-state index is 9.32. The molecule has 0 N–H and O–H groups in total. The fourth-order valence-corrected chi connectivity index (χ4v) is 2.20. The summed E-state index contributed by atoms with van der Waals surface area (Å²) in [7, 11) is -22.7. The van der Waals surface area contributed by atoms with Gasteiger partial charge in [0.15, 0.2) is 0 Å². The Morgan fingerprint density at radius 2 is 0.550 bits per heavy atom. The van der Waals surface area contributed by atoms with Crippen LogP contribution in [0.1, 0.15) is 0 Å². The molecular weight excluding hydrogens is 585 g/mol. The van der Waals surface area contributed by atoms with Crippen molar-refractivity contribution in [3.63, 3.8) is 0 Å². The zero-order valence-corrected chi connectivity index (χ0v) is 17.8. The Bertz CT molecular complexity index is 346. The van der Waals surface area contributed by atoms with Gasteiger partial charge in [0.1, 0.15) is 0 Å². The fraction of sp³-hybridized carbons (Fsp3) is 0. The predicted octanol–water partition coefficient (Wildman–Crippen LogP) is -7.44. The first kappa shape index (κ1) is 30.0. The Morgan fingerprint density at radius 3 is 0.550 bits per heavy atom. The molecule has 0 radical (unpaired) electrons. The van der Waals surface area contributed by atoms with Crippen LogP contribution in [-0.2, 0) is 26.9 Å². The van der Waals surface area contributed by atoms with Crippen molar-refractivity contribution in [2.45, 2.75) is 0 Å². The van der Waals surface area contributed by atoms with Gasteiger partial charge >= 0.3 is 47.8 Å². The van der Waals surface area contributed by atoms with Crippen LogP contribution in [0.5, 0.6) is 0 Å². The third-order valence-corrected chi connectivity index (χ3v) is 3.60. The molecule has 0 aliphatic heterocycles. The van der Waals surface area contributed by atoms with E-state index in [-0.39, 0.29) is 47.8 Å². The summed E-state index contributed by atoms with van der Waals surface area (Å²) in [5.41, 5.74) is 0. The molecule has 0 aromatic rings. The summed E-state index contributed by atoms with van der Waals surface area (Å²) in [6, 6.07) is 0. The van der Waals surface area contributed by atoms with Crippen LogP contribution in [0.2, 0.25) is 0 Å². The summed E-state index contributed by atoms with van der Waals surface area (Å²) in [5.74, 6) is 0. The first-order valence-electron chi connectivity index (χ1n) is 2.92. The van der Waals surface area contributed by atoms with Crippen molar-refractivity contribution in [1.82, 2.24) is 0 Å². The van der Waals surface area contributed by atoms with Crippen LogP contribution < -0.4 is 39.1 Å². The van der Waals surface area contributed by atoms with E-state index in [1.807, 2.05) is 0 Å². The minimum absolute atomic E-state index is 0. The molecule has 112 valence electrons. The average Bonchev–Trinajstić information content (AvgIpc) is 1.64. The Balaban J connectivity index is -0.000000116. The normalized spacial score (nSPS) is 12.4. The van der Waals surface area contributed by atoms with Crippen molar-refractivity contribution in [3.8, 4) is 0 Å². The second-order valence-corrected chi connectivity index (χ2v) is 6.84. The molecular formula is O14P4Sn2. The Morgan fingerprint density at radius 1 is 0.450 bits per heavy atom. The first-order valence-corrected chi connectivity index (χ1v) is 8.76. The predicted molar refractivity (Wildman–Crippen MR) is 44.1 cm³/mol. The van der Waals surface area contributed by atoms with E-state index in [0.717, 1.165) is 0 Å². The molecule has 0 amide bonds. The molecule has 0 spiro atoms. The molecule has 0 saturated heterocycles. The maximum Gasteiger partial charge on any atom is 4.00 e. The number of phosphoric acid groups is 4. The fourth-order valence-electron chi connectivity index (χ4n) is 0.245. The van der Waals surface area contributed by atoms with Gasteiger partial charge in [0.25, 0.3) is 0 Å². The van der Waals surface area contributed by atoms with Gasteiger partial charge in [-0.3, -0.25) is 0 Å². The Hall–Kier alpha value is 2.12. The SMILES string of the molecule is O=P([O-])([O-])OP(=O)([O-])[O-].O=P([O-])([O-])OP(=O)([O-])[O-].[Sn+4].[Sn+4]. The molecule has 0 atom stereocenters. The molecule has 0 bridgehead atoms. The monoisotopic (exact) mass is 588 g/mol. The van der Waals surface area contributed by atoms with Gasteiger partial charge in [-0.15, -0.1) is 0 Å². The van der Waals surface area contributed by atoms with Crippen molar-refractivity contribution in [3.05, 3.63) is 0 Å². The van der Waals surface area contributed by atoms with Crippen molar-refractivity contribution >= 4 is 79.1 Å². The van der Waals surface area contributed by atoms with E-state index in [9.17, 15) is 57.4 Å². The van der Waals surface area contributed by atoms with Gasteiger partial charge in [0, 0.05) is 0 Å². The van der Waals surface area contributed by atoms with Crippen molar-refractivity contribution < 1.29 is 66.0 Å². The molecule has 0 unspecified atom stereocenters. The zero-order chi connectivity index (χ0) is 15.4. The van der Waals surface area contributed by atoms with E-state index in [4.69, 9.17) is 0 Å². The summed E-state index contributed by atoms with van der Waals surface area (Å²) >= 11 is 0. The van der Waals surface area contributed by atoms with Crippen LogP contribution in [-0.4, -0.2) is 47.8 Å². The van der Waals surface area contributed by atoms with Crippen LogP contribution in [0, 0.1) is 0 Å². The molecule has 0 aromatic carbocycles. The largest absolute Gasteiger partial charge is 4.00 e. The van der Waals surface area contributed by atoms with E-state index < -0.39 is 31.3 Å². The molecule has 0 fully saturated rings. The summed E-state index contributed by atoms with van der Waals surface area (Å²) in [4.78, 5) is 74.6. The zero-order valence-electron chi connectivity index (χ0n) is 8.50. The van der Waals surface area contributed by atoms with E-state index in [1.54, 1.807) is 0 Å². The second-order valence-electron chi connectivity index (χ2n) is 1.95. The van der Waals surface area contributed by atoms with E-state index in [1.165, 1.54) is 0 Å². The standard InChI is InChI=1S/2H4O7P2.2Sn/c2*1-8(2,3)7-9(4,5)6;;/h2*(H2,1,2,3)(H2,4,5,6);;/q;;2*+4/p-8. The van der Waals surface area contributed by atoms with Crippen LogP contribution >= 0.6 is 31.3 Å². The summed E-state index contributed by atoms with van der Waals surface area (Å²) in [5, 5.41) is 0. The molecule has 0 aromatic heterocycles. The molecule has 20 heteroatoms. The average molecular weight is 585 g/mol. The van der Waals surface area contributed by atoms with Crippen molar-refractivity contribution in [2.24, 2.45) is 0 Å². The summed E-state index contributed by atoms with van der Waals surface area (Å²) < 4.78 is 42.3. The van der Waals surface area contributed by atoms with E-state index in [2.05, 4.69) is 8.62 Å². The number of rotatable bonds is 4. The minimum Gasteiger partial charge on any atom is -0.790 e. The third-order valence-electron chi connectivity index (χ3n) is 0.400. The quantitative estimate of drug-likeness (QED) is 0.219. The van der Waals surface area contributed by atoms with E-state index in [0.29, 0.717) is 0 Å². The molecule has 14 nitrogen and oxygen atoms in total. The molecule has 0 rings (SSSR count). The molecule has 20 heavy (non-hydrogen) atoms. The summed E-state index contributed by atoms with van der Waals surface area (Å²) in [6.45, 7) is 0. The minimum atomic E-state index is -5.68. The van der Waals surface area contributed by atoms with Crippen molar-refractivity contribution in [1.29, 1.82) is 0 Å². The first-order chi connectivity index (χ1) is 7.41. The van der Waals surface area contributed by atoms with Gasteiger partial charge in [-0.1, -0.05) is 0 Å². The van der Waals surface area contributed by atoms with Crippen LogP contribution in [0.3, 0.4) is 0 Å². The molecule has 0 aliphatic carbocycles. The molecule has 0 heterocycles. The van der Waals surface area contributed by atoms with Crippen LogP contribution in [0.15, 0.2) is 0 Å². The number of hydrogen-bond acceptors (Lipinski definition) is 14. The van der Waals surface area contributed by atoms with Gasteiger partial charge in [-0.2, -0.15) is 0 Å². The summed E-state index contributed by atoms with van der Waals surface area (Å²) in [6.07, 6.45) is 0. The second kappa shape index (κ2) is 10.8. The third kappa shape index (κ3) is 36.9.